The van der Waals surface area contributed by atoms with Gasteiger partial charge in [-0.05, 0) is 37.1 Å². The van der Waals surface area contributed by atoms with Gasteiger partial charge in [0.2, 0.25) is 0 Å². The van der Waals surface area contributed by atoms with Gasteiger partial charge in [-0.15, -0.1) is 0 Å². The maximum absolute atomic E-state index is 5.96. The van der Waals surface area contributed by atoms with Crippen LogP contribution in [0.5, 0.6) is 5.75 Å². The minimum absolute atomic E-state index is 0.355. The predicted molar refractivity (Wildman–Crippen MR) is 75.7 cm³/mol. The first-order chi connectivity index (χ1) is 8.78. The fourth-order valence-electron chi connectivity index (χ4n) is 2.31. The Bertz CT molecular complexity index is 386. The Labute approximate surface area is 109 Å². The predicted octanol–water partition coefficient (Wildman–Crippen LogP) is 2.13. The van der Waals surface area contributed by atoms with Crippen molar-refractivity contribution >= 4 is 6.08 Å². The van der Waals surface area contributed by atoms with Gasteiger partial charge in [0.25, 0.3) is 0 Å². The van der Waals surface area contributed by atoms with Crippen molar-refractivity contribution in [3.05, 3.63) is 35.9 Å². The Morgan fingerprint density at radius 1 is 1.39 bits per heavy atom. The number of methoxy groups -OCH3 is 1. The highest BCUT2D eigenvalue weighted by atomic mass is 16.5. The Kier molecular flexibility index (Phi) is 4.79. The van der Waals surface area contributed by atoms with Gasteiger partial charge in [0.1, 0.15) is 5.75 Å². The van der Waals surface area contributed by atoms with Crippen LogP contribution in [0.15, 0.2) is 30.3 Å². The van der Waals surface area contributed by atoms with Crippen LogP contribution in [0.4, 0.5) is 0 Å². The summed E-state index contributed by atoms with van der Waals surface area (Å²) in [4.78, 5) is 2.41. The van der Waals surface area contributed by atoms with Gasteiger partial charge in [-0.1, -0.05) is 24.3 Å². The monoisotopic (exact) mass is 246 g/mol. The molecule has 2 N–H and O–H groups in total. The lowest BCUT2D eigenvalue weighted by atomic mass is 10.1. The second-order valence-electron chi connectivity index (χ2n) is 4.84. The first kappa shape index (κ1) is 13.1. The highest BCUT2D eigenvalue weighted by Crippen LogP contribution is 2.13. The van der Waals surface area contributed by atoms with Crippen molar-refractivity contribution in [1.82, 2.24) is 4.90 Å². The number of benzene rings is 1. The third kappa shape index (κ3) is 3.86. The zero-order valence-corrected chi connectivity index (χ0v) is 11.0. The quantitative estimate of drug-likeness (QED) is 0.884. The van der Waals surface area contributed by atoms with Gasteiger partial charge in [-0.3, -0.25) is 4.90 Å². The average molecular weight is 246 g/mol. The van der Waals surface area contributed by atoms with E-state index in [9.17, 15) is 0 Å². The van der Waals surface area contributed by atoms with Crippen molar-refractivity contribution in [2.45, 2.75) is 18.9 Å². The Hall–Kier alpha value is -1.32. The molecule has 1 fully saturated rings. The van der Waals surface area contributed by atoms with Crippen LogP contribution in [0.3, 0.4) is 0 Å². The first-order valence-corrected chi connectivity index (χ1v) is 6.56. The summed E-state index contributed by atoms with van der Waals surface area (Å²) in [5, 5.41) is 0. The van der Waals surface area contributed by atoms with Gasteiger partial charge in [0, 0.05) is 19.1 Å². The molecule has 1 heterocycles. The molecule has 18 heavy (non-hydrogen) atoms. The molecule has 98 valence electrons. The second kappa shape index (κ2) is 6.57. The average Bonchev–Trinajstić information content (AvgIpc) is 2.40. The van der Waals surface area contributed by atoms with Crippen molar-refractivity contribution in [2.24, 2.45) is 5.73 Å². The van der Waals surface area contributed by atoms with Gasteiger partial charge in [0.15, 0.2) is 0 Å². The summed E-state index contributed by atoms with van der Waals surface area (Å²) >= 11 is 0. The molecule has 2 rings (SSSR count). The summed E-state index contributed by atoms with van der Waals surface area (Å²) in [6.45, 7) is 3.17. The third-order valence-electron chi connectivity index (χ3n) is 3.33. The smallest absolute Gasteiger partial charge is 0.118 e. The second-order valence-corrected chi connectivity index (χ2v) is 4.84. The summed E-state index contributed by atoms with van der Waals surface area (Å²) in [7, 11) is 1.68. The third-order valence-corrected chi connectivity index (χ3v) is 3.33. The molecule has 1 aromatic rings. The van der Waals surface area contributed by atoms with E-state index in [2.05, 4.69) is 29.2 Å². The van der Waals surface area contributed by atoms with Crippen molar-refractivity contribution < 1.29 is 4.74 Å². The zero-order valence-electron chi connectivity index (χ0n) is 11.0. The van der Waals surface area contributed by atoms with E-state index in [1.807, 2.05) is 12.1 Å². The molecule has 0 saturated carbocycles. The fraction of sp³-hybridized carbons (Fsp3) is 0.467. The summed E-state index contributed by atoms with van der Waals surface area (Å²) in [6, 6.07) is 8.45. The molecule has 0 spiro atoms. The molecule has 1 unspecified atom stereocenters. The van der Waals surface area contributed by atoms with Gasteiger partial charge in [0.05, 0.1) is 7.11 Å². The SMILES string of the molecule is COc1ccc(C=CCN2CCCC(N)C2)cc1. The maximum atomic E-state index is 5.96. The molecule has 0 aliphatic carbocycles. The number of hydrogen-bond acceptors (Lipinski definition) is 3. The molecular weight excluding hydrogens is 224 g/mol. The van der Waals surface area contributed by atoms with E-state index in [0.29, 0.717) is 6.04 Å². The van der Waals surface area contributed by atoms with Crippen molar-refractivity contribution in [2.75, 3.05) is 26.7 Å². The number of likely N-dealkylation sites (tertiary alicyclic amines) is 1. The Balaban J connectivity index is 1.82. The van der Waals surface area contributed by atoms with Crippen LogP contribution in [0.1, 0.15) is 18.4 Å². The molecule has 0 bridgehead atoms. The van der Waals surface area contributed by atoms with Crippen molar-refractivity contribution in [1.29, 1.82) is 0 Å². The van der Waals surface area contributed by atoms with E-state index >= 15 is 0 Å². The van der Waals surface area contributed by atoms with Gasteiger partial charge in [-0.25, -0.2) is 0 Å². The number of hydrogen-bond donors (Lipinski definition) is 1. The normalized spacial score (nSPS) is 21.3. The molecule has 3 nitrogen and oxygen atoms in total. The lowest BCUT2D eigenvalue weighted by molar-refractivity contribution is 0.229. The number of piperidine rings is 1. The molecule has 0 radical (unpaired) electrons. The molecule has 1 aliphatic heterocycles. The van der Waals surface area contributed by atoms with Crippen molar-refractivity contribution in [3.8, 4) is 5.75 Å². The standard InChI is InChI=1S/C15H22N2O/c1-18-15-8-6-13(7-9-15)4-2-10-17-11-3-5-14(16)12-17/h2,4,6-9,14H,3,5,10-12,16H2,1H3. The van der Waals surface area contributed by atoms with Crippen LogP contribution in [0.2, 0.25) is 0 Å². The van der Waals surface area contributed by atoms with Gasteiger partial charge >= 0.3 is 0 Å². The first-order valence-electron chi connectivity index (χ1n) is 6.56. The van der Waals surface area contributed by atoms with E-state index in [1.54, 1.807) is 7.11 Å². The molecule has 0 aromatic heterocycles. The highest BCUT2D eigenvalue weighted by Gasteiger charge is 2.14. The number of ether oxygens (including phenoxy) is 1. The van der Waals surface area contributed by atoms with E-state index < -0.39 is 0 Å². The maximum Gasteiger partial charge on any atom is 0.118 e. The molecule has 1 aromatic carbocycles. The fourth-order valence-corrected chi connectivity index (χ4v) is 2.31. The van der Waals surface area contributed by atoms with Crippen LogP contribution in [0, 0.1) is 0 Å². The van der Waals surface area contributed by atoms with Gasteiger partial charge < -0.3 is 10.5 Å². The molecular formula is C15H22N2O. The topological polar surface area (TPSA) is 38.5 Å². The lowest BCUT2D eigenvalue weighted by Crippen LogP contribution is -2.42. The van der Waals surface area contributed by atoms with Crippen LogP contribution in [-0.4, -0.2) is 37.7 Å². The molecule has 0 amide bonds. The summed E-state index contributed by atoms with van der Waals surface area (Å²) in [6.07, 6.45) is 6.75. The van der Waals surface area contributed by atoms with Crippen LogP contribution < -0.4 is 10.5 Å². The number of rotatable bonds is 4. The molecule has 1 saturated heterocycles. The molecule has 1 aliphatic rings. The summed E-state index contributed by atoms with van der Waals surface area (Å²) in [5.74, 6) is 0.897. The lowest BCUT2D eigenvalue weighted by Gasteiger charge is -2.29. The van der Waals surface area contributed by atoms with Crippen LogP contribution in [-0.2, 0) is 0 Å². The van der Waals surface area contributed by atoms with Gasteiger partial charge in [-0.2, -0.15) is 0 Å². The van der Waals surface area contributed by atoms with E-state index in [1.165, 1.54) is 24.9 Å². The largest absolute Gasteiger partial charge is 0.497 e. The summed E-state index contributed by atoms with van der Waals surface area (Å²) in [5.41, 5.74) is 7.17. The number of nitrogens with two attached hydrogens (primary N) is 1. The Morgan fingerprint density at radius 2 is 2.17 bits per heavy atom. The molecule has 3 heteroatoms. The minimum Gasteiger partial charge on any atom is -0.497 e. The highest BCUT2D eigenvalue weighted by molar-refractivity contribution is 5.50. The van der Waals surface area contributed by atoms with E-state index in [4.69, 9.17) is 10.5 Å². The van der Waals surface area contributed by atoms with Crippen LogP contribution >= 0.6 is 0 Å². The number of nitrogens with zero attached hydrogens (tertiary/aromatic N) is 1. The van der Waals surface area contributed by atoms with Crippen LogP contribution in [0.25, 0.3) is 6.08 Å². The molecule has 1 atom stereocenters. The van der Waals surface area contributed by atoms with Crippen molar-refractivity contribution in [3.63, 3.8) is 0 Å². The minimum atomic E-state index is 0.355. The van der Waals surface area contributed by atoms with E-state index in [-0.39, 0.29) is 0 Å². The van der Waals surface area contributed by atoms with E-state index in [0.717, 1.165) is 18.8 Å². The Morgan fingerprint density at radius 3 is 2.83 bits per heavy atom. The zero-order chi connectivity index (χ0) is 12.8. The summed E-state index contributed by atoms with van der Waals surface area (Å²) < 4.78 is 5.13.